The van der Waals surface area contributed by atoms with E-state index in [9.17, 15) is 19.8 Å². The number of rotatable bonds is 8. The molecule has 6 aliphatic rings. The number of esters is 2. The second kappa shape index (κ2) is 18.5. The first kappa shape index (κ1) is 44.6. The number of hydrogen-bond acceptors (Lipinski definition) is 13. The van der Waals surface area contributed by atoms with E-state index in [1.165, 1.54) is 4.68 Å². The monoisotopic (exact) mass is 836 g/mol. The molecule has 1 spiro atoms. The number of aromatic nitrogens is 2. The van der Waals surface area contributed by atoms with Crippen molar-refractivity contribution in [2.24, 2.45) is 23.7 Å². The second-order valence-corrected chi connectivity index (χ2v) is 17.7. The zero-order valence-electron chi connectivity index (χ0n) is 36.2. The third-order valence-corrected chi connectivity index (χ3v) is 13.4. The number of nitrogens with zero attached hydrogens (tertiary/aromatic N) is 2. The lowest BCUT2D eigenvalue weighted by Gasteiger charge is -2.48. The molecule has 330 valence electrons. The minimum absolute atomic E-state index is 0.0247. The van der Waals surface area contributed by atoms with Gasteiger partial charge in [0, 0.05) is 50.6 Å². The predicted molar refractivity (Wildman–Crippen MR) is 219 cm³/mol. The van der Waals surface area contributed by atoms with Crippen LogP contribution in [0.25, 0.3) is 0 Å². The molecule has 6 heterocycles. The Balaban J connectivity index is 1.19. The van der Waals surface area contributed by atoms with Crippen molar-refractivity contribution < 1.29 is 57.7 Å². The summed E-state index contributed by atoms with van der Waals surface area (Å²) < 4.78 is 52.6. The number of methoxy groups -OCH3 is 1. The summed E-state index contributed by atoms with van der Waals surface area (Å²) in [6.07, 6.45) is 13.0. The maximum Gasteiger partial charge on any atom is 0.328 e. The molecule has 2 N–H and O–H groups in total. The molecule has 4 unspecified atom stereocenters. The maximum absolute atomic E-state index is 14.3. The number of carbonyl (C=O) groups excluding carboxylic acids is 2. The number of ether oxygens (including phenoxy) is 8. The smallest absolute Gasteiger partial charge is 0.328 e. The van der Waals surface area contributed by atoms with E-state index in [4.69, 9.17) is 37.9 Å². The van der Waals surface area contributed by atoms with Crippen molar-refractivity contribution in [3.8, 4) is 0 Å². The van der Waals surface area contributed by atoms with E-state index in [1.54, 1.807) is 44.6 Å². The fraction of sp³-hybridized carbons (Fsp3) is 0.674. The van der Waals surface area contributed by atoms with E-state index in [2.05, 4.69) is 38.0 Å². The fourth-order valence-corrected chi connectivity index (χ4v) is 9.74. The van der Waals surface area contributed by atoms with Crippen LogP contribution in [0.4, 0.5) is 0 Å². The van der Waals surface area contributed by atoms with E-state index >= 15 is 0 Å². The van der Waals surface area contributed by atoms with Gasteiger partial charge in [-0.25, -0.2) is 0 Å². The van der Waals surface area contributed by atoms with E-state index < -0.39 is 84.4 Å². The number of aliphatic hydroxyl groups excluding tert-OH is 1. The van der Waals surface area contributed by atoms with Gasteiger partial charge in [0.2, 0.25) is 0 Å². The van der Waals surface area contributed by atoms with Crippen LogP contribution < -0.4 is 0 Å². The standard InChI is InChI=1S/C46H64N2O12/c1-9-26(2)41-29(5)16-17-45(60-41)23-34-21-33(59-45)15-14-28(4)40(58-38-22-36(53-8)42(31(7)55-38)57-37(49)24-48-19-11-18-47-48)27(3)12-10-13-32-25-54-43-39(50)30(6)20-35(44(51)56-34)46(32,43)52/h10-14,16-20,26-27,29,31,33-36,38-43,50,52H,9,15,21-25H2,1-8H3/b12-10+,28-14+,32-13+/t26?,27-,29-,31-,33+,34-,35?,36-,38?,39+,40-,41+,42-,43+,45?,46+/m0/s1. The molecular formula is C46H64N2O12. The highest BCUT2D eigenvalue weighted by Crippen LogP contribution is 2.47. The first-order valence-corrected chi connectivity index (χ1v) is 21.7. The van der Waals surface area contributed by atoms with Gasteiger partial charge in [0.1, 0.15) is 42.5 Å². The van der Waals surface area contributed by atoms with Crippen molar-refractivity contribution in [3.05, 3.63) is 77.7 Å². The number of fused-ring (bicyclic) bond motifs is 2. The molecule has 0 amide bonds. The number of hydrogen-bond donors (Lipinski definition) is 2. The Kier molecular flexibility index (Phi) is 13.7. The molecule has 16 atom stereocenters. The van der Waals surface area contributed by atoms with Crippen molar-refractivity contribution in [3.63, 3.8) is 0 Å². The highest BCUT2D eigenvalue weighted by molar-refractivity contribution is 5.78. The summed E-state index contributed by atoms with van der Waals surface area (Å²) in [6, 6.07) is 1.74. The van der Waals surface area contributed by atoms with E-state index in [1.807, 2.05) is 39.0 Å². The summed E-state index contributed by atoms with van der Waals surface area (Å²) >= 11 is 0. The summed E-state index contributed by atoms with van der Waals surface area (Å²) in [7, 11) is 1.58. The van der Waals surface area contributed by atoms with Crippen molar-refractivity contribution >= 4 is 11.9 Å². The summed E-state index contributed by atoms with van der Waals surface area (Å²) in [5.41, 5.74) is 0.0909. The van der Waals surface area contributed by atoms with Gasteiger partial charge in [0.25, 0.3) is 0 Å². The molecule has 1 aromatic heterocycles. The Bertz CT molecular complexity index is 1840. The van der Waals surface area contributed by atoms with Crippen LogP contribution >= 0.6 is 0 Å². The Hall–Kier alpha value is -3.47. The van der Waals surface area contributed by atoms with Gasteiger partial charge in [-0.05, 0) is 62.0 Å². The molecule has 60 heavy (non-hydrogen) atoms. The Labute approximate surface area is 353 Å². The predicted octanol–water partition coefficient (Wildman–Crippen LogP) is 5.29. The SMILES string of the molecule is CCC(C)[C@H]1OC2(C=C[C@@H]1C)C[C@@H]1C[C@@H](C/C=C(\C)[C@@H](OC3C[C@H](OC)[C@@H](OC(=O)Cn4cccn4)[C@H](C)O3)[C@@H](C)/C=C/C=C3\CO[C@@H]4[C@H](O)C(C)=CC(C(=O)O1)[C@]34O)O2. The minimum atomic E-state index is -1.84. The van der Waals surface area contributed by atoms with Gasteiger partial charge < -0.3 is 48.1 Å². The van der Waals surface area contributed by atoms with Crippen molar-refractivity contribution in [1.82, 2.24) is 9.78 Å². The average molecular weight is 837 g/mol. The molecule has 3 saturated heterocycles. The molecule has 3 fully saturated rings. The summed E-state index contributed by atoms with van der Waals surface area (Å²) in [4.78, 5) is 27.2. The van der Waals surface area contributed by atoms with Crippen molar-refractivity contribution in [2.45, 2.75) is 160 Å². The van der Waals surface area contributed by atoms with Crippen LogP contribution in [-0.2, 0) is 54.0 Å². The quantitative estimate of drug-likeness (QED) is 0.257. The molecule has 14 nitrogen and oxygen atoms in total. The third-order valence-electron chi connectivity index (χ3n) is 13.4. The van der Waals surface area contributed by atoms with E-state index in [0.717, 1.165) is 12.0 Å². The highest BCUT2D eigenvalue weighted by atomic mass is 16.7. The summed E-state index contributed by atoms with van der Waals surface area (Å²) in [6.45, 7) is 14.1. The molecule has 7 rings (SSSR count). The molecule has 2 bridgehead atoms. The first-order valence-electron chi connectivity index (χ1n) is 21.7. The fourth-order valence-electron chi connectivity index (χ4n) is 9.74. The number of aliphatic hydroxyl groups is 2. The first-order chi connectivity index (χ1) is 28.6. The van der Waals surface area contributed by atoms with Gasteiger partial charge >= 0.3 is 11.9 Å². The molecular weight excluding hydrogens is 773 g/mol. The average Bonchev–Trinajstić information content (AvgIpc) is 3.86. The molecule has 14 heteroatoms. The lowest BCUT2D eigenvalue weighted by Crippen LogP contribution is -2.58. The molecule has 1 aliphatic carbocycles. The molecule has 0 saturated carbocycles. The zero-order valence-corrected chi connectivity index (χ0v) is 36.2. The maximum atomic E-state index is 14.3. The van der Waals surface area contributed by atoms with Crippen LogP contribution in [0.3, 0.4) is 0 Å². The summed E-state index contributed by atoms with van der Waals surface area (Å²) in [5, 5.41) is 27.8. The lowest BCUT2D eigenvalue weighted by atomic mass is 9.71. The minimum Gasteiger partial charge on any atom is -0.462 e. The van der Waals surface area contributed by atoms with Crippen LogP contribution in [-0.4, -0.2) is 118 Å². The molecule has 0 aromatic carbocycles. The molecule has 5 aliphatic heterocycles. The summed E-state index contributed by atoms with van der Waals surface area (Å²) in [5.74, 6) is -3.05. The van der Waals surface area contributed by atoms with Crippen LogP contribution in [0, 0.1) is 23.7 Å². The van der Waals surface area contributed by atoms with Gasteiger partial charge in [-0.15, -0.1) is 0 Å². The van der Waals surface area contributed by atoms with Crippen LogP contribution in [0.5, 0.6) is 0 Å². The van der Waals surface area contributed by atoms with Crippen molar-refractivity contribution in [2.75, 3.05) is 13.7 Å². The topological polar surface area (TPSA) is 166 Å². The molecule has 1 aromatic rings. The Morgan fingerprint density at radius 2 is 1.90 bits per heavy atom. The van der Waals surface area contributed by atoms with Gasteiger partial charge in [0.15, 0.2) is 18.2 Å². The Morgan fingerprint density at radius 3 is 2.63 bits per heavy atom. The van der Waals surface area contributed by atoms with E-state index in [-0.39, 0.29) is 43.4 Å². The van der Waals surface area contributed by atoms with Crippen LogP contribution in [0.2, 0.25) is 0 Å². The van der Waals surface area contributed by atoms with Gasteiger partial charge in [-0.2, -0.15) is 5.10 Å². The number of carbonyl (C=O) groups is 2. The van der Waals surface area contributed by atoms with Gasteiger partial charge in [0.05, 0.1) is 31.0 Å². The normalized spacial score (nSPS) is 43.7. The van der Waals surface area contributed by atoms with Crippen LogP contribution in [0.15, 0.2) is 77.7 Å². The van der Waals surface area contributed by atoms with Gasteiger partial charge in [-0.3, -0.25) is 14.3 Å². The lowest BCUT2D eigenvalue weighted by molar-refractivity contribution is -0.300. The Morgan fingerprint density at radius 1 is 1.10 bits per heavy atom. The largest absolute Gasteiger partial charge is 0.462 e. The number of allylic oxidation sites excluding steroid dienone is 2. The van der Waals surface area contributed by atoms with E-state index in [0.29, 0.717) is 30.4 Å². The third kappa shape index (κ3) is 9.17. The van der Waals surface area contributed by atoms with Crippen LogP contribution in [0.1, 0.15) is 80.6 Å². The molecule has 0 radical (unpaired) electrons. The zero-order chi connectivity index (χ0) is 42.9. The van der Waals surface area contributed by atoms with Crippen molar-refractivity contribution in [1.29, 1.82) is 0 Å². The second-order valence-electron chi connectivity index (χ2n) is 17.7. The highest BCUT2D eigenvalue weighted by Gasteiger charge is 2.60. The van der Waals surface area contributed by atoms with Gasteiger partial charge in [-0.1, -0.05) is 70.6 Å².